The molecule has 0 aromatic rings. The summed E-state index contributed by atoms with van der Waals surface area (Å²) >= 11 is 5.05. The van der Waals surface area contributed by atoms with E-state index in [9.17, 15) is 4.79 Å². The molecule has 1 saturated heterocycles. The predicted octanol–water partition coefficient (Wildman–Crippen LogP) is 2.58. The Morgan fingerprint density at radius 3 is 2.61 bits per heavy atom. The van der Waals surface area contributed by atoms with Crippen LogP contribution in [0.1, 0.15) is 47.0 Å². The average Bonchev–Trinajstić information content (AvgIpc) is 2.60. The normalized spacial score (nSPS) is 20.8. The van der Waals surface area contributed by atoms with Gasteiger partial charge in [-0.3, -0.25) is 4.79 Å². The average molecular weight is 270 g/mol. The topological polar surface area (TPSA) is 46.3 Å². The summed E-state index contributed by atoms with van der Waals surface area (Å²) in [5, 5.41) is 0. The number of nitrogens with zero attached hydrogens (tertiary/aromatic N) is 1. The van der Waals surface area contributed by atoms with Crippen LogP contribution in [-0.4, -0.2) is 28.9 Å². The maximum atomic E-state index is 11.9. The molecule has 1 atom stereocenters. The number of carbonyl (C=O) groups excluding carboxylic acids is 1. The van der Waals surface area contributed by atoms with E-state index in [2.05, 4.69) is 27.7 Å². The predicted molar refractivity (Wildman–Crippen MR) is 79.3 cm³/mol. The molecule has 0 saturated carbocycles. The van der Waals surface area contributed by atoms with Gasteiger partial charge in [0.1, 0.15) is 0 Å². The van der Waals surface area contributed by atoms with Crippen LogP contribution >= 0.6 is 12.2 Å². The first-order chi connectivity index (χ1) is 8.24. The Kier molecular flexibility index (Phi) is 5.14. The fraction of sp³-hybridized carbons (Fsp3) is 0.857. The lowest BCUT2D eigenvalue weighted by Crippen LogP contribution is -2.32. The molecule has 1 fully saturated rings. The quantitative estimate of drug-likeness (QED) is 0.755. The van der Waals surface area contributed by atoms with Crippen LogP contribution in [0.3, 0.4) is 0 Å². The van der Waals surface area contributed by atoms with Crippen molar-refractivity contribution in [2.75, 3.05) is 13.1 Å². The molecule has 1 amide bonds. The number of amides is 1. The van der Waals surface area contributed by atoms with E-state index in [1.165, 1.54) is 0 Å². The van der Waals surface area contributed by atoms with Gasteiger partial charge in [-0.1, -0.05) is 39.9 Å². The Morgan fingerprint density at radius 1 is 1.56 bits per heavy atom. The van der Waals surface area contributed by atoms with E-state index in [4.69, 9.17) is 18.0 Å². The molecular formula is C14H26N2OS. The van der Waals surface area contributed by atoms with Crippen molar-refractivity contribution in [2.45, 2.75) is 47.0 Å². The number of thiocarbonyl (C=S) groups is 1. The molecule has 1 aliphatic heterocycles. The summed E-state index contributed by atoms with van der Waals surface area (Å²) in [4.78, 5) is 14.4. The van der Waals surface area contributed by atoms with Gasteiger partial charge in [-0.25, -0.2) is 0 Å². The third-order valence-electron chi connectivity index (χ3n) is 4.08. The summed E-state index contributed by atoms with van der Waals surface area (Å²) in [5.74, 6) is 1.43. The Hall–Kier alpha value is -0.640. The second kappa shape index (κ2) is 6.00. The minimum Gasteiger partial charge on any atom is -0.393 e. The zero-order valence-corrected chi connectivity index (χ0v) is 12.8. The summed E-state index contributed by atoms with van der Waals surface area (Å²) in [6.07, 6.45) is 2.63. The fourth-order valence-electron chi connectivity index (χ4n) is 2.30. The molecule has 0 aromatic carbocycles. The van der Waals surface area contributed by atoms with Crippen LogP contribution in [-0.2, 0) is 4.79 Å². The molecule has 0 radical (unpaired) electrons. The van der Waals surface area contributed by atoms with Gasteiger partial charge < -0.3 is 10.6 Å². The molecule has 0 bridgehead atoms. The minimum absolute atomic E-state index is 0.102. The van der Waals surface area contributed by atoms with Gasteiger partial charge in [0.15, 0.2) is 0 Å². The van der Waals surface area contributed by atoms with Gasteiger partial charge in [-0.05, 0) is 24.7 Å². The van der Waals surface area contributed by atoms with Crippen molar-refractivity contribution in [3.63, 3.8) is 0 Å². The van der Waals surface area contributed by atoms with E-state index in [0.29, 0.717) is 22.7 Å². The van der Waals surface area contributed by atoms with Crippen molar-refractivity contribution >= 4 is 23.1 Å². The summed E-state index contributed by atoms with van der Waals surface area (Å²) in [6.45, 7) is 10.3. The van der Waals surface area contributed by atoms with Crippen molar-refractivity contribution in [3.05, 3.63) is 0 Å². The van der Waals surface area contributed by atoms with E-state index in [-0.39, 0.29) is 5.41 Å². The zero-order valence-electron chi connectivity index (χ0n) is 12.0. The molecule has 104 valence electrons. The second-order valence-corrected chi connectivity index (χ2v) is 6.84. The highest BCUT2D eigenvalue weighted by atomic mass is 32.1. The molecule has 1 heterocycles. The van der Waals surface area contributed by atoms with Gasteiger partial charge in [0.25, 0.3) is 0 Å². The highest BCUT2D eigenvalue weighted by molar-refractivity contribution is 7.80. The summed E-state index contributed by atoms with van der Waals surface area (Å²) in [6, 6.07) is 0. The standard InChI is InChI=1S/C14H26N2OS/c1-10(2)11-8-12(17)16(9-11)7-5-6-14(3,4)13(15)18/h10-11H,5-9H2,1-4H3,(H2,15,18). The number of likely N-dealkylation sites (tertiary alicyclic amines) is 1. The first kappa shape index (κ1) is 15.4. The molecule has 1 rings (SSSR count). The minimum atomic E-state index is -0.102. The molecule has 1 aliphatic rings. The van der Waals surface area contributed by atoms with Crippen molar-refractivity contribution in [2.24, 2.45) is 23.0 Å². The molecule has 1 unspecified atom stereocenters. The number of hydrogen-bond donors (Lipinski definition) is 1. The SMILES string of the molecule is CC(C)C1CC(=O)N(CCCC(C)(C)C(N)=S)C1. The van der Waals surface area contributed by atoms with E-state index in [1.54, 1.807) is 0 Å². The van der Waals surface area contributed by atoms with E-state index >= 15 is 0 Å². The summed E-state index contributed by atoms with van der Waals surface area (Å²) in [5.41, 5.74) is 5.60. The van der Waals surface area contributed by atoms with Crippen LogP contribution in [0.25, 0.3) is 0 Å². The first-order valence-electron chi connectivity index (χ1n) is 6.81. The van der Waals surface area contributed by atoms with Crippen LogP contribution < -0.4 is 5.73 Å². The fourth-order valence-corrected chi connectivity index (χ4v) is 2.40. The molecular weight excluding hydrogens is 244 g/mol. The molecule has 18 heavy (non-hydrogen) atoms. The summed E-state index contributed by atoms with van der Waals surface area (Å²) in [7, 11) is 0. The van der Waals surface area contributed by atoms with Gasteiger partial charge in [-0.15, -0.1) is 0 Å². The first-order valence-corrected chi connectivity index (χ1v) is 7.22. The summed E-state index contributed by atoms with van der Waals surface area (Å²) < 4.78 is 0. The molecule has 0 aliphatic carbocycles. The van der Waals surface area contributed by atoms with E-state index in [1.807, 2.05) is 4.90 Å². The van der Waals surface area contributed by atoms with Crippen molar-refractivity contribution in [1.82, 2.24) is 4.90 Å². The molecule has 4 heteroatoms. The van der Waals surface area contributed by atoms with E-state index < -0.39 is 0 Å². The molecule has 2 N–H and O–H groups in total. The van der Waals surface area contributed by atoms with Crippen molar-refractivity contribution in [3.8, 4) is 0 Å². The highest BCUT2D eigenvalue weighted by Crippen LogP contribution is 2.27. The van der Waals surface area contributed by atoms with Gasteiger partial charge >= 0.3 is 0 Å². The number of hydrogen-bond acceptors (Lipinski definition) is 2. The van der Waals surface area contributed by atoms with Gasteiger partial charge in [0, 0.05) is 24.9 Å². The van der Waals surface area contributed by atoms with Crippen LogP contribution in [0, 0.1) is 17.3 Å². The molecule has 0 spiro atoms. The van der Waals surface area contributed by atoms with Crippen LogP contribution in [0.2, 0.25) is 0 Å². The lowest BCUT2D eigenvalue weighted by atomic mass is 9.88. The van der Waals surface area contributed by atoms with Crippen molar-refractivity contribution in [1.29, 1.82) is 0 Å². The number of rotatable bonds is 6. The maximum Gasteiger partial charge on any atom is 0.222 e. The number of nitrogens with two attached hydrogens (primary N) is 1. The van der Waals surface area contributed by atoms with Crippen LogP contribution in [0.4, 0.5) is 0 Å². The van der Waals surface area contributed by atoms with Gasteiger partial charge in [0.2, 0.25) is 5.91 Å². The Balaban J connectivity index is 2.37. The largest absolute Gasteiger partial charge is 0.393 e. The second-order valence-electron chi connectivity index (χ2n) is 6.40. The van der Waals surface area contributed by atoms with Gasteiger partial charge in [-0.2, -0.15) is 0 Å². The Labute approximate surface area is 116 Å². The number of carbonyl (C=O) groups is 1. The molecule has 3 nitrogen and oxygen atoms in total. The van der Waals surface area contributed by atoms with Gasteiger partial charge in [0.05, 0.1) is 4.99 Å². The smallest absolute Gasteiger partial charge is 0.222 e. The highest BCUT2D eigenvalue weighted by Gasteiger charge is 2.31. The van der Waals surface area contributed by atoms with E-state index in [0.717, 1.165) is 32.4 Å². The monoisotopic (exact) mass is 270 g/mol. The van der Waals surface area contributed by atoms with Crippen LogP contribution in [0.5, 0.6) is 0 Å². The maximum absolute atomic E-state index is 11.9. The Morgan fingerprint density at radius 2 is 2.17 bits per heavy atom. The zero-order chi connectivity index (χ0) is 13.9. The Bertz CT molecular complexity index is 326. The third-order valence-corrected chi connectivity index (χ3v) is 4.64. The lowest BCUT2D eigenvalue weighted by molar-refractivity contribution is -0.127. The van der Waals surface area contributed by atoms with Crippen LogP contribution in [0.15, 0.2) is 0 Å². The van der Waals surface area contributed by atoms with Crippen molar-refractivity contribution < 1.29 is 4.79 Å². The molecule has 0 aromatic heterocycles. The lowest BCUT2D eigenvalue weighted by Gasteiger charge is -2.25. The third kappa shape index (κ3) is 3.94.